The lowest BCUT2D eigenvalue weighted by molar-refractivity contribution is -0.123. The first-order chi connectivity index (χ1) is 20.1. The van der Waals surface area contributed by atoms with Gasteiger partial charge in [0.05, 0.1) is 47.7 Å². The number of amides is 2. The van der Waals surface area contributed by atoms with Gasteiger partial charge in [-0.15, -0.1) is 11.8 Å². The quantitative estimate of drug-likeness (QED) is 0.369. The Kier molecular flexibility index (Phi) is 9.05. The second kappa shape index (κ2) is 12.6. The molecule has 5 rings (SSSR count). The molecule has 2 aliphatic rings. The highest BCUT2D eigenvalue weighted by atomic mass is 35.5. The second-order valence-electron chi connectivity index (χ2n) is 11.4. The molecule has 0 bridgehead atoms. The number of anilines is 1. The number of aromatic nitrogens is 2. The van der Waals surface area contributed by atoms with E-state index < -0.39 is 5.41 Å². The SMILES string of the molecule is COc1ccc(OC)c([C@H]2SCC(=O)N(CC(=O)NC[C@H]3CCCO3)c3c2c(C(C)(C)C)nn3-c2ccccc2Cl)c1. The van der Waals surface area contributed by atoms with E-state index in [4.69, 9.17) is 30.9 Å². The van der Waals surface area contributed by atoms with Crippen LogP contribution in [0.3, 0.4) is 0 Å². The van der Waals surface area contributed by atoms with Crippen LogP contribution < -0.4 is 19.7 Å². The molecule has 2 aromatic carbocycles. The van der Waals surface area contributed by atoms with Crippen LogP contribution in [-0.4, -0.2) is 67.4 Å². The van der Waals surface area contributed by atoms with Gasteiger partial charge in [-0.25, -0.2) is 4.68 Å². The highest BCUT2D eigenvalue weighted by molar-refractivity contribution is 8.00. The Morgan fingerprint density at radius 2 is 1.98 bits per heavy atom. The number of nitrogens with zero attached hydrogens (tertiary/aromatic N) is 3. The van der Waals surface area contributed by atoms with Crippen LogP contribution in [0.4, 0.5) is 5.82 Å². The van der Waals surface area contributed by atoms with Gasteiger partial charge in [0.25, 0.3) is 0 Å². The molecule has 2 amide bonds. The van der Waals surface area contributed by atoms with Crippen LogP contribution in [0.5, 0.6) is 11.5 Å². The van der Waals surface area contributed by atoms with Crippen molar-refractivity contribution in [2.75, 3.05) is 44.6 Å². The van der Waals surface area contributed by atoms with Crippen molar-refractivity contribution in [3.05, 3.63) is 64.3 Å². The van der Waals surface area contributed by atoms with Crippen molar-refractivity contribution < 1.29 is 23.8 Å². The summed E-state index contributed by atoms with van der Waals surface area (Å²) in [7, 11) is 3.25. The lowest BCUT2D eigenvalue weighted by Crippen LogP contribution is -2.44. The summed E-state index contributed by atoms with van der Waals surface area (Å²) in [5.41, 5.74) is 2.68. The number of fused-ring (bicyclic) bond motifs is 1. The van der Waals surface area contributed by atoms with E-state index in [-0.39, 0.29) is 35.5 Å². The number of para-hydroxylation sites is 1. The average molecular weight is 613 g/mol. The standard InChI is InChI=1S/C31H37ClN4O5S/c1-31(2,3)29-27-28(21-15-19(39-4)12-13-24(21)40-5)42-18-26(38)35(17-25(37)33-16-20-9-8-14-41-20)30(27)36(34-29)23-11-7-6-10-22(23)32/h6-7,10-13,15,20,28H,8-9,14,16-18H2,1-5H3,(H,33,37)/t20-,28-/m1/s1. The van der Waals surface area contributed by atoms with E-state index >= 15 is 0 Å². The lowest BCUT2D eigenvalue weighted by Gasteiger charge is -2.25. The van der Waals surface area contributed by atoms with Gasteiger partial charge in [0, 0.05) is 29.7 Å². The zero-order chi connectivity index (χ0) is 30.0. The number of rotatable bonds is 8. The van der Waals surface area contributed by atoms with Gasteiger partial charge in [-0.2, -0.15) is 5.10 Å². The summed E-state index contributed by atoms with van der Waals surface area (Å²) in [5.74, 6) is 1.53. The highest BCUT2D eigenvalue weighted by Crippen LogP contribution is 2.51. The Hall–Kier alpha value is -3.21. The predicted octanol–water partition coefficient (Wildman–Crippen LogP) is 5.30. The number of benzene rings is 2. The maximum absolute atomic E-state index is 13.9. The summed E-state index contributed by atoms with van der Waals surface area (Å²) < 4.78 is 18.8. The Bertz CT molecular complexity index is 1460. The summed E-state index contributed by atoms with van der Waals surface area (Å²) in [6.07, 6.45) is 1.88. The van der Waals surface area contributed by atoms with Gasteiger partial charge < -0.3 is 19.5 Å². The molecule has 0 unspecified atom stereocenters. The minimum Gasteiger partial charge on any atom is -0.497 e. The van der Waals surface area contributed by atoms with E-state index in [0.29, 0.717) is 41.2 Å². The third kappa shape index (κ3) is 6.11. The molecule has 11 heteroatoms. The van der Waals surface area contributed by atoms with Crippen LogP contribution in [0, 0.1) is 0 Å². The largest absolute Gasteiger partial charge is 0.497 e. The van der Waals surface area contributed by atoms with Crippen molar-refractivity contribution in [2.45, 2.75) is 50.4 Å². The summed E-state index contributed by atoms with van der Waals surface area (Å²) in [6.45, 7) is 7.20. The van der Waals surface area contributed by atoms with Gasteiger partial charge in [-0.1, -0.05) is 44.5 Å². The third-order valence-corrected chi connectivity index (χ3v) is 9.01. The van der Waals surface area contributed by atoms with Crippen LogP contribution in [0.25, 0.3) is 5.69 Å². The number of hydrogen-bond acceptors (Lipinski definition) is 7. The van der Waals surface area contributed by atoms with Crippen molar-refractivity contribution in [2.24, 2.45) is 0 Å². The highest BCUT2D eigenvalue weighted by Gasteiger charge is 2.41. The summed E-state index contributed by atoms with van der Waals surface area (Å²) >= 11 is 8.20. The van der Waals surface area contributed by atoms with Crippen LogP contribution >= 0.6 is 23.4 Å². The molecule has 1 aromatic heterocycles. The molecule has 3 heterocycles. The molecule has 2 aliphatic heterocycles. The molecule has 9 nitrogen and oxygen atoms in total. The number of ether oxygens (including phenoxy) is 3. The number of hydrogen-bond donors (Lipinski definition) is 1. The van der Waals surface area contributed by atoms with E-state index in [9.17, 15) is 9.59 Å². The number of carbonyl (C=O) groups is 2. The van der Waals surface area contributed by atoms with Crippen molar-refractivity contribution in [3.63, 3.8) is 0 Å². The number of halogens is 1. The van der Waals surface area contributed by atoms with Gasteiger partial charge >= 0.3 is 0 Å². The maximum atomic E-state index is 13.9. The molecule has 2 atom stereocenters. The van der Waals surface area contributed by atoms with Gasteiger partial charge in [0.15, 0.2) is 0 Å². The molecule has 0 spiro atoms. The first-order valence-corrected chi connectivity index (χ1v) is 15.5. The Morgan fingerprint density at radius 3 is 2.64 bits per heavy atom. The molecule has 224 valence electrons. The molecule has 1 fully saturated rings. The van der Waals surface area contributed by atoms with Crippen molar-refractivity contribution in [3.8, 4) is 17.2 Å². The minimum atomic E-state index is -0.414. The summed E-state index contributed by atoms with van der Waals surface area (Å²) in [6, 6.07) is 13.0. The zero-order valence-electron chi connectivity index (χ0n) is 24.6. The van der Waals surface area contributed by atoms with Crippen LogP contribution in [-0.2, 0) is 19.7 Å². The topological polar surface area (TPSA) is 94.9 Å². The first kappa shape index (κ1) is 30.3. The summed E-state index contributed by atoms with van der Waals surface area (Å²) in [4.78, 5) is 28.8. The second-order valence-corrected chi connectivity index (χ2v) is 12.9. The first-order valence-electron chi connectivity index (χ1n) is 14.0. The molecular weight excluding hydrogens is 576 g/mol. The molecule has 0 radical (unpaired) electrons. The smallest absolute Gasteiger partial charge is 0.240 e. The molecular formula is C31H37ClN4O5S. The van der Waals surface area contributed by atoms with E-state index in [2.05, 4.69) is 26.1 Å². The Morgan fingerprint density at radius 1 is 1.19 bits per heavy atom. The molecule has 0 aliphatic carbocycles. The number of thioether (sulfide) groups is 1. The van der Waals surface area contributed by atoms with Crippen LogP contribution in [0.1, 0.15) is 55.7 Å². The maximum Gasteiger partial charge on any atom is 0.240 e. The van der Waals surface area contributed by atoms with Crippen molar-refractivity contribution in [1.29, 1.82) is 0 Å². The fourth-order valence-electron chi connectivity index (χ4n) is 5.39. The minimum absolute atomic E-state index is 0.00838. The van der Waals surface area contributed by atoms with E-state index in [1.54, 1.807) is 29.9 Å². The van der Waals surface area contributed by atoms with Crippen LogP contribution in [0.15, 0.2) is 42.5 Å². The monoisotopic (exact) mass is 612 g/mol. The third-order valence-electron chi connectivity index (χ3n) is 7.45. The molecule has 42 heavy (non-hydrogen) atoms. The normalized spacial score (nSPS) is 18.9. The van der Waals surface area contributed by atoms with E-state index in [0.717, 1.165) is 29.7 Å². The predicted molar refractivity (Wildman–Crippen MR) is 165 cm³/mol. The Labute approximate surface area is 255 Å². The zero-order valence-corrected chi connectivity index (χ0v) is 26.2. The molecule has 1 saturated heterocycles. The molecule has 1 N–H and O–H groups in total. The average Bonchev–Trinajstić information content (AvgIpc) is 3.61. The van der Waals surface area contributed by atoms with Crippen molar-refractivity contribution in [1.82, 2.24) is 15.1 Å². The number of nitrogens with one attached hydrogen (secondary N) is 1. The van der Waals surface area contributed by atoms with Crippen LogP contribution in [0.2, 0.25) is 5.02 Å². The van der Waals surface area contributed by atoms with Gasteiger partial charge in [0.2, 0.25) is 11.8 Å². The van der Waals surface area contributed by atoms with E-state index in [1.807, 2.05) is 36.4 Å². The lowest BCUT2D eigenvalue weighted by atomic mass is 9.87. The molecule has 0 saturated carbocycles. The number of carbonyl (C=O) groups excluding carboxylic acids is 2. The van der Waals surface area contributed by atoms with E-state index in [1.165, 1.54) is 11.8 Å². The summed E-state index contributed by atoms with van der Waals surface area (Å²) in [5, 5.41) is 8.21. The fourth-order valence-corrected chi connectivity index (χ4v) is 6.82. The Balaban J connectivity index is 1.70. The molecule has 3 aromatic rings. The van der Waals surface area contributed by atoms with Gasteiger partial charge in [-0.3, -0.25) is 14.5 Å². The van der Waals surface area contributed by atoms with Crippen molar-refractivity contribution >= 4 is 41.0 Å². The van der Waals surface area contributed by atoms with Gasteiger partial charge in [-0.05, 0) is 43.2 Å². The number of methoxy groups -OCH3 is 2. The fraction of sp³-hybridized carbons (Fsp3) is 0.452. The van der Waals surface area contributed by atoms with Gasteiger partial charge in [0.1, 0.15) is 23.9 Å².